The van der Waals surface area contributed by atoms with E-state index >= 15 is 0 Å². The fourth-order valence-electron chi connectivity index (χ4n) is 2.55. The van der Waals surface area contributed by atoms with E-state index in [1.165, 1.54) is 25.7 Å². The van der Waals surface area contributed by atoms with Crippen LogP contribution in [0.4, 0.5) is 0 Å². The van der Waals surface area contributed by atoms with Crippen LogP contribution in [0.15, 0.2) is 24.3 Å². The summed E-state index contributed by atoms with van der Waals surface area (Å²) in [5.74, 6) is -0.136. The van der Waals surface area contributed by atoms with Crippen LogP contribution in [0, 0.1) is 11.8 Å². The van der Waals surface area contributed by atoms with Crippen molar-refractivity contribution in [3.63, 3.8) is 0 Å². The number of allylic oxidation sites excluding steroid dienone is 4. The zero-order valence-electron chi connectivity index (χ0n) is 15.3. The third kappa shape index (κ3) is 13.1. The van der Waals surface area contributed by atoms with E-state index in [0.29, 0.717) is 5.92 Å². The first kappa shape index (κ1) is 21.9. The van der Waals surface area contributed by atoms with Gasteiger partial charge in [0.15, 0.2) is 0 Å². The molecule has 0 heterocycles. The number of hydrogen-bond donors (Lipinski definition) is 2. The molecular formula is C20H37NO2. The number of unbranched alkanes of at least 4 members (excludes halogenated alkanes) is 4. The van der Waals surface area contributed by atoms with Crippen LogP contribution >= 0.6 is 0 Å². The fourth-order valence-corrected chi connectivity index (χ4v) is 2.55. The monoisotopic (exact) mass is 323 g/mol. The molecule has 23 heavy (non-hydrogen) atoms. The first-order valence-electron chi connectivity index (χ1n) is 9.29. The van der Waals surface area contributed by atoms with Gasteiger partial charge < -0.3 is 10.8 Å². The van der Waals surface area contributed by atoms with E-state index in [1.807, 2.05) is 6.92 Å². The minimum atomic E-state index is -0.891. The molecule has 3 atom stereocenters. The molecule has 3 N–H and O–H groups in total. The molecule has 0 fully saturated rings. The Morgan fingerprint density at radius 2 is 1.78 bits per heavy atom. The number of carbonyl (C=O) groups is 1. The Bertz CT molecular complexity index is 350. The zero-order valence-corrected chi connectivity index (χ0v) is 15.3. The standard InChI is InChI=1S/C20H37NO2/c1-4-5-14-17(2)15-12-10-8-6-7-9-11-13-16-18(3)19(21)20(22)23/h6,8,12,15,17-19H,4-5,7,9-11,13-14,16,21H2,1-3H3,(H,22,23)/b8-6-,15-12-/t17-,18+,19?/m0/s1. The van der Waals surface area contributed by atoms with Crippen molar-refractivity contribution in [2.45, 2.75) is 84.6 Å². The van der Waals surface area contributed by atoms with Gasteiger partial charge in [0.1, 0.15) is 6.04 Å². The van der Waals surface area contributed by atoms with Crippen molar-refractivity contribution in [2.75, 3.05) is 0 Å². The summed E-state index contributed by atoms with van der Waals surface area (Å²) in [6, 6.07) is -0.721. The molecule has 0 saturated heterocycles. The molecule has 0 rings (SSSR count). The normalized spacial score (nSPS) is 16.0. The van der Waals surface area contributed by atoms with E-state index in [2.05, 4.69) is 38.2 Å². The van der Waals surface area contributed by atoms with Crippen molar-refractivity contribution in [3.8, 4) is 0 Å². The maximum absolute atomic E-state index is 10.8. The topological polar surface area (TPSA) is 63.3 Å². The Labute approximate surface area is 143 Å². The van der Waals surface area contributed by atoms with Gasteiger partial charge in [-0.15, -0.1) is 0 Å². The summed E-state index contributed by atoms with van der Waals surface area (Å²) >= 11 is 0. The molecule has 0 spiro atoms. The first-order chi connectivity index (χ1) is 11.0. The van der Waals surface area contributed by atoms with Gasteiger partial charge in [0.05, 0.1) is 0 Å². The molecule has 0 aliphatic rings. The Morgan fingerprint density at radius 3 is 2.43 bits per heavy atom. The van der Waals surface area contributed by atoms with Crippen LogP contribution < -0.4 is 5.73 Å². The van der Waals surface area contributed by atoms with Gasteiger partial charge in [-0.25, -0.2) is 0 Å². The van der Waals surface area contributed by atoms with E-state index in [0.717, 1.165) is 32.1 Å². The molecule has 0 radical (unpaired) electrons. The van der Waals surface area contributed by atoms with Crippen LogP contribution in [0.3, 0.4) is 0 Å². The molecular weight excluding hydrogens is 286 g/mol. The zero-order chi connectivity index (χ0) is 17.5. The highest BCUT2D eigenvalue weighted by molar-refractivity contribution is 5.73. The van der Waals surface area contributed by atoms with Crippen LogP contribution in [0.2, 0.25) is 0 Å². The van der Waals surface area contributed by atoms with Crippen molar-refractivity contribution < 1.29 is 9.90 Å². The van der Waals surface area contributed by atoms with E-state index in [9.17, 15) is 4.79 Å². The summed E-state index contributed by atoms with van der Waals surface area (Å²) in [5.41, 5.74) is 5.60. The van der Waals surface area contributed by atoms with Gasteiger partial charge in [-0.1, -0.05) is 70.8 Å². The lowest BCUT2D eigenvalue weighted by atomic mass is 9.96. The number of rotatable bonds is 14. The predicted molar refractivity (Wildman–Crippen MR) is 99.4 cm³/mol. The van der Waals surface area contributed by atoms with Gasteiger partial charge in [-0.2, -0.15) is 0 Å². The fraction of sp³-hybridized carbons (Fsp3) is 0.750. The van der Waals surface area contributed by atoms with Crippen molar-refractivity contribution in [2.24, 2.45) is 17.6 Å². The highest BCUT2D eigenvalue weighted by Gasteiger charge is 2.18. The maximum Gasteiger partial charge on any atom is 0.320 e. The van der Waals surface area contributed by atoms with Gasteiger partial charge in [0.2, 0.25) is 0 Å². The molecule has 3 heteroatoms. The second-order valence-corrected chi connectivity index (χ2v) is 6.73. The van der Waals surface area contributed by atoms with Crippen LogP contribution in [-0.2, 0) is 4.79 Å². The highest BCUT2D eigenvalue weighted by Crippen LogP contribution is 2.13. The largest absolute Gasteiger partial charge is 0.480 e. The Balaban J connectivity index is 3.54. The van der Waals surface area contributed by atoms with Gasteiger partial charge in [-0.05, 0) is 43.9 Å². The smallest absolute Gasteiger partial charge is 0.320 e. The van der Waals surface area contributed by atoms with Gasteiger partial charge in [0, 0.05) is 0 Å². The molecule has 0 amide bonds. The van der Waals surface area contributed by atoms with Crippen molar-refractivity contribution in [1.29, 1.82) is 0 Å². The molecule has 1 unspecified atom stereocenters. The minimum absolute atomic E-state index is 0.0582. The van der Waals surface area contributed by atoms with E-state index in [1.54, 1.807) is 0 Å². The highest BCUT2D eigenvalue weighted by atomic mass is 16.4. The van der Waals surface area contributed by atoms with Crippen molar-refractivity contribution in [3.05, 3.63) is 24.3 Å². The molecule has 3 nitrogen and oxygen atoms in total. The lowest BCUT2D eigenvalue weighted by Gasteiger charge is -2.15. The Kier molecular flexibility index (Phi) is 13.8. The second-order valence-electron chi connectivity index (χ2n) is 6.73. The summed E-state index contributed by atoms with van der Waals surface area (Å²) < 4.78 is 0. The molecule has 0 aliphatic heterocycles. The number of carboxylic acids is 1. The molecule has 0 saturated carbocycles. The summed E-state index contributed by atoms with van der Waals surface area (Å²) in [4.78, 5) is 10.8. The number of nitrogens with two attached hydrogens (primary N) is 1. The van der Waals surface area contributed by atoms with Crippen LogP contribution in [-0.4, -0.2) is 17.1 Å². The summed E-state index contributed by atoms with van der Waals surface area (Å²) in [7, 11) is 0. The van der Waals surface area contributed by atoms with E-state index < -0.39 is 12.0 Å². The van der Waals surface area contributed by atoms with Gasteiger partial charge in [-0.3, -0.25) is 4.79 Å². The summed E-state index contributed by atoms with van der Waals surface area (Å²) in [5, 5.41) is 8.83. The molecule has 0 aromatic heterocycles. The van der Waals surface area contributed by atoms with Crippen LogP contribution in [0.1, 0.15) is 78.6 Å². The van der Waals surface area contributed by atoms with Gasteiger partial charge >= 0.3 is 5.97 Å². The third-order valence-corrected chi connectivity index (χ3v) is 4.34. The Hall–Kier alpha value is -1.09. The maximum atomic E-state index is 10.8. The predicted octanol–water partition coefficient (Wildman–Crippen LogP) is 5.31. The lowest BCUT2D eigenvalue weighted by Crippen LogP contribution is -2.36. The van der Waals surface area contributed by atoms with Crippen molar-refractivity contribution in [1.82, 2.24) is 0 Å². The van der Waals surface area contributed by atoms with Crippen molar-refractivity contribution >= 4 is 5.97 Å². The average Bonchev–Trinajstić information content (AvgIpc) is 2.53. The van der Waals surface area contributed by atoms with E-state index in [-0.39, 0.29) is 5.92 Å². The minimum Gasteiger partial charge on any atom is -0.480 e. The molecule has 0 aromatic rings. The summed E-state index contributed by atoms with van der Waals surface area (Å²) in [6.45, 7) is 6.44. The number of aliphatic carboxylic acids is 1. The van der Waals surface area contributed by atoms with E-state index in [4.69, 9.17) is 10.8 Å². The molecule has 0 aliphatic carbocycles. The molecule has 134 valence electrons. The molecule has 0 aromatic carbocycles. The third-order valence-electron chi connectivity index (χ3n) is 4.34. The Morgan fingerprint density at radius 1 is 1.04 bits per heavy atom. The lowest BCUT2D eigenvalue weighted by molar-refractivity contribution is -0.139. The SMILES string of the molecule is CCCC[C@H](C)/C=C\C/C=C\CCCCC[C@@H](C)C(N)C(=O)O. The average molecular weight is 324 g/mol. The van der Waals surface area contributed by atoms with Gasteiger partial charge in [0.25, 0.3) is 0 Å². The second kappa shape index (κ2) is 14.5. The quantitative estimate of drug-likeness (QED) is 0.336. The van der Waals surface area contributed by atoms with Crippen LogP contribution in [0.25, 0.3) is 0 Å². The van der Waals surface area contributed by atoms with Crippen LogP contribution in [0.5, 0.6) is 0 Å². The first-order valence-corrected chi connectivity index (χ1v) is 9.29. The summed E-state index contributed by atoms with van der Waals surface area (Å²) in [6.07, 6.45) is 19.4. The number of carboxylic acid groups (broad SMARTS) is 1. The molecule has 0 bridgehead atoms. The number of hydrogen-bond acceptors (Lipinski definition) is 2.